The lowest BCUT2D eigenvalue weighted by Gasteiger charge is -2.31. The Morgan fingerprint density at radius 2 is 2.23 bits per heavy atom. The quantitative estimate of drug-likeness (QED) is 0.926. The molecule has 1 atom stereocenters. The molecule has 0 aliphatic carbocycles. The number of nitrogens with one attached hydrogen (secondary N) is 1. The Kier molecular flexibility index (Phi) is 5.66. The number of halogens is 1. The topological polar surface area (TPSA) is 58.6 Å². The summed E-state index contributed by atoms with van der Waals surface area (Å²) < 4.78 is 4.99. The standard InChI is InChI=1S/C16H21ClN2O3/c1-3-22-16(21)19-8-4-5-12(10-19)15(20)18-14-7-6-11(2)9-13(14)17/h6-7,9,12H,3-5,8,10H2,1-2H3,(H,18,20). The number of nitrogens with zero attached hydrogens (tertiary/aromatic N) is 1. The number of amides is 2. The molecular weight excluding hydrogens is 304 g/mol. The van der Waals surface area contributed by atoms with Crippen molar-refractivity contribution < 1.29 is 14.3 Å². The first-order valence-electron chi connectivity index (χ1n) is 7.50. The van der Waals surface area contributed by atoms with Gasteiger partial charge < -0.3 is 15.0 Å². The molecule has 1 saturated heterocycles. The fourth-order valence-corrected chi connectivity index (χ4v) is 2.81. The zero-order chi connectivity index (χ0) is 16.1. The van der Waals surface area contributed by atoms with E-state index in [4.69, 9.17) is 16.3 Å². The highest BCUT2D eigenvalue weighted by Crippen LogP contribution is 2.25. The molecular formula is C16H21ClN2O3. The maximum Gasteiger partial charge on any atom is 0.409 e. The third kappa shape index (κ3) is 4.13. The maximum absolute atomic E-state index is 12.4. The second-order valence-corrected chi connectivity index (χ2v) is 5.86. The van der Waals surface area contributed by atoms with Crippen LogP contribution in [0, 0.1) is 12.8 Å². The van der Waals surface area contributed by atoms with Crippen LogP contribution in [0.3, 0.4) is 0 Å². The van der Waals surface area contributed by atoms with Crippen molar-refractivity contribution >= 4 is 29.3 Å². The summed E-state index contributed by atoms with van der Waals surface area (Å²) in [5, 5.41) is 3.37. The van der Waals surface area contributed by atoms with Crippen molar-refractivity contribution in [2.45, 2.75) is 26.7 Å². The second-order valence-electron chi connectivity index (χ2n) is 5.46. The minimum absolute atomic E-state index is 0.111. The lowest BCUT2D eigenvalue weighted by atomic mass is 9.97. The third-order valence-electron chi connectivity index (χ3n) is 3.70. The number of aryl methyl sites for hydroxylation is 1. The summed E-state index contributed by atoms with van der Waals surface area (Å²) in [7, 11) is 0. The largest absolute Gasteiger partial charge is 0.450 e. The molecule has 1 fully saturated rings. The van der Waals surface area contributed by atoms with Crippen molar-refractivity contribution in [1.82, 2.24) is 4.90 Å². The zero-order valence-electron chi connectivity index (χ0n) is 12.9. The Morgan fingerprint density at radius 1 is 1.45 bits per heavy atom. The normalized spacial score (nSPS) is 18.0. The Hall–Kier alpha value is -1.75. The molecule has 0 saturated carbocycles. The van der Waals surface area contributed by atoms with Gasteiger partial charge in [-0.2, -0.15) is 0 Å². The minimum atomic E-state index is -0.353. The Balaban J connectivity index is 1.98. The highest BCUT2D eigenvalue weighted by atomic mass is 35.5. The summed E-state index contributed by atoms with van der Waals surface area (Å²) in [5.74, 6) is -0.352. The first-order valence-corrected chi connectivity index (χ1v) is 7.87. The van der Waals surface area contributed by atoms with Crippen LogP contribution in [0.25, 0.3) is 0 Å². The molecule has 1 aromatic carbocycles. The van der Waals surface area contributed by atoms with Crippen LogP contribution in [0.1, 0.15) is 25.3 Å². The number of ether oxygens (including phenoxy) is 1. The van der Waals surface area contributed by atoms with Crippen LogP contribution in [0.15, 0.2) is 18.2 Å². The molecule has 2 amide bonds. The van der Waals surface area contributed by atoms with Crippen LogP contribution in [-0.2, 0) is 9.53 Å². The maximum atomic E-state index is 12.4. The Morgan fingerprint density at radius 3 is 2.91 bits per heavy atom. The summed E-state index contributed by atoms with van der Waals surface area (Å²) in [6, 6.07) is 5.50. The number of rotatable bonds is 3. The van der Waals surface area contributed by atoms with Crippen molar-refractivity contribution in [2.24, 2.45) is 5.92 Å². The molecule has 1 N–H and O–H groups in total. The van der Waals surface area contributed by atoms with Gasteiger partial charge >= 0.3 is 6.09 Å². The lowest BCUT2D eigenvalue weighted by Crippen LogP contribution is -2.44. The molecule has 6 heteroatoms. The Bertz CT molecular complexity index is 562. The first-order chi connectivity index (χ1) is 10.5. The number of piperidine rings is 1. The van der Waals surface area contributed by atoms with Gasteiger partial charge in [0.15, 0.2) is 0 Å². The average molecular weight is 325 g/mol. The van der Waals surface area contributed by atoms with E-state index < -0.39 is 0 Å². The summed E-state index contributed by atoms with van der Waals surface area (Å²) in [6.45, 7) is 5.06. The van der Waals surface area contributed by atoms with Crippen LogP contribution in [0.2, 0.25) is 5.02 Å². The van der Waals surface area contributed by atoms with Crippen molar-refractivity contribution in [3.8, 4) is 0 Å². The van der Waals surface area contributed by atoms with E-state index in [9.17, 15) is 9.59 Å². The fraction of sp³-hybridized carbons (Fsp3) is 0.500. The van der Waals surface area contributed by atoms with Crippen LogP contribution in [0.4, 0.5) is 10.5 Å². The molecule has 0 radical (unpaired) electrons. The Labute approximate surface area is 135 Å². The van der Waals surface area contributed by atoms with E-state index in [0.717, 1.165) is 18.4 Å². The summed E-state index contributed by atoms with van der Waals surface area (Å²) in [5.41, 5.74) is 1.64. The van der Waals surface area contributed by atoms with E-state index in [0.29, 0.717) is 30.4 Å². The molecule has 0 spiro atoms. The highest BCUT2D eigenvalue weighted by Gasteiger charge is 2.29. The predicted molar refractivity (Wildman–Crippen MR) is 86.1 cm³/mol. The van der Waals surface area contributed by atoms with Crippen LogP contribution in [-0.4, -0.2) is 36.6 Å². The molecule has 0 aromatic heterocycles. The van der Waals surface area contributed by atoms with Gasteiger partial charge in [-0.05, 0) is 44.4 Å². The van der Waals surface area contributed by atoms with E-state index in [1.165, 1.54) is 0 Å². The van der Waals surface area contributed by atoms with Gasteiger partial charge in [-0.25, -0.2) is 4.79 Å². The average Bonchev–Trinajstić information content (AvgIpc) is 2.50. The van der Waals surface area contributed by atoms with E-state index >= 15 is 0 Å². The van der Waals surface area contributed by atoms with Crippen molar-refractivity contribution in [1.29, 1.82) is 0 Å². The first kappa shape index (κ1) is 16.6. The number of benzene rings is 1. The number of likely N-dealkylation sites (tertiary alicyclic amines) is 1. The molecule has 0 bridgehead atoms. The molecule has 1 unspecified atom stereocenters. The molecule has 1 aromatic rings. The van der Waals surface area contributed by atoms with Crippen molar-refractivity contribution in [3.05, 3.63) is 28.8 Å². The molecule has 2 rings (SSSR count). The van der Waals surface area contributed by atoms with Crippen LogP contribution in [0.5, 0.6) is 0 Å². The van der Waals surface area contributed by atoms with Gasteiger partial charge in [0.2, 0.25) is 5.91 Å². The molecule has 5 nitrogen and oxygen atoms in total. The van der Waals surface area contributed by atoms with Gasteiger partial charge in [0.05, 0.1) is 23.2 Å². The number of hydrogen-bond acceptors (Lipinski definition) is 3. The fourth-order valence-electron chi connectivity index (χ4n) is 2.53. The van der Waals surface area contributed by atoms with Crippen LogP contribution < -0.4 is 5.32 Å². The smallest absolute Gasteiger partial charge is 0.409 e. The van der Waals surface area contributed by atoms with E-state index in [1.54, 1.807) is 17.9 Å². The lowest BCUT2D eigenvalue weighted by molar-refractivity contribution is -0.121. The molecule has 1 aliphatic rings. The number of anilines is 1. The summed E-state index contributed by atoms with van der Waals surface area (Å²) in [4.78, 5) is 25.7. The SMILES string of the molecule is CCOC(=O)N1CCCC(C(=O)Nc2ccc(C)cc2Cl)C1. The van der Waals surface area contributed by atoms with Gasteiger partial charge in [-0.3, -0.25) is 4.79 Å². The van der Waals surface area contributed by atoms with Gasteiger partial charge in [0, 0.05) is 13.1 Å². The number of hydrogen-bond donors (Lipinski definition) is 1. The molecule has 120 valence electrons. The van der Waals surface area contributed by atoms with Gasteiger partial charge in [0.1, 0.15) is 0 Å². The van der Waals surface area contributed by atoms with E-state index in [2.05, 4.69) is 5.32 Å². The van der Waals surface area contributed by atoms with Gasteiger partial charge in [0.25, 0.3) is 0 Å². The van der Waals surface area contributed by atoms with Crippen molar-refractivity contribution in [2.75, 3.05) is 25.0 Å². The monoisotopic (exact) mass is 324 g/mol. The number of carbonyl (C=O) groups excluding carboxylic acids is 2. The molecule has 22 heavy (non-hydrogen) atoms. The van der Waals surface area contributed by atoms with Crippen molar-refractivity contribution in [3.63, 3.8) is 0 Å². The molecule has 1 aliphatic heterocycles. The van der Waals surface area contributed by atoms with Gasteiger partial charge in [-0.1, -0.05) is 17.7 Å². The predicted octanol–water partition coefficient (Wildman–Crippen LogP) is 3.46. The minimum Gasteiger partial charge on any atom is -0.450 e. The molecule has 1 heterocycles. The zero-order valence-corrected chi connectivity index (χ0v) is 13.7. The number of carbonyl (C=O) groups is 2. The summed E-state index contributed by atoms with van der Waals surface area (Å²) >= 11 is 6.13. The van der Waals surface area contributed by atoms with E-state index in [1.807, 2.05) is 19.1 Å². The van der Waals surface area contributed by atoms with Gasteiger partial charge in [-0.15, -0.1) is 0 Å². The highest BCUT2D eigenvalue weighted by molar-refractivity contribution is 6.33. The van der Waals surface area contributed by atoms with E-state index in [-0.39, 0.29) is 17.9 Å². The van der Waals surface area contributed by atoms with Crippen LogP contribution >= 0.6 is 11.6 Å². The summed E-state index contributed by atoms with van der Waals surface area (Å²) in [6.07, 6.45) is 1.19. The third-order valence-corrected chi connectivity index (χ3v) is 4.01. The second kappa shape index (κ2) is 7.49.